The average Bonchev–Trinajstić information content (AvgIpc) is 2.97. The second-order valence-electron chi connectivity index (χ2n) is 7.26. The number of hydrogen-bond donors (Lipinski definition) is 0. The van der Waals surface area contributed by atoms with Crippen molar-refractivity contribution in [3.63, 3.8) is 0 Å². The fraction of sp³-hybridized carbons (Fsp3) is 0.429. The van der Waals surface area contributed by atoms with Crippen molar-refractivity contribution in [1.29, 1.82) is 0 Å². The summed E-state index contributed by atoms with van der Waals surface area (Å²) in [6.07, 6.45) is 0. The number of aryl methyl sites for hydroxylation is 2. The number of nitrogens with zero attached hydrogens (tertiary/aromatic N) is 4. The summed E-state index contributed by atoms with van der Waals surface area (Å²) in [5.41, 5.74) is 1.87. The lowest BCUT2D eigenvalue weighted by Crippen LogP contribution is -2.36. The van der Waals surface area contributed by atoms with Gasteiger partial charge < -0.3 is 9.64 Å². The third kappa shape index (κ3) is 3.87. The molecule has 0 spiro atoms. The number of rotatable bonds is 5. The quantitative estimate of drug-likeness (QED) is 0.649. The van der Waals surface area contributed by atoms with Crippen LogP contribution in [0.1, 0.15) is 21.8 Å². The summed E-state index contributed by atoms with van der Waals surface area (Å²) in [4.78, 5) is 16.4. The highest BCUT2D eigenvalue weighted by atomic mass is 32.1. The van der Waals surface area contributed by atoms with Crippen molar-refractivity contribution >= 4 is 27.4 Å². The number of morpholine rings is 1. The molecular weight excluding hydrogens is 375 g/mol. The Morgan fingerprint density at radius 3 is 2.68 bits per heavy atom. The van der Waals surface area contributed by atoms with E-state index >= 15 is 0 Å². The standard InChI is InChI=1S/C21H25FN4OS/c1-14-15(2)28-21-19(14)20(25(3)12-16-6-4-5-7-17(16)22)23-18(24-21)13-26-8-10-27-11-9-26/h4-7H,8-13H2,1-3H3. The van der Waals surface area contributed by atoms with Crippen LogP contribution in [0, 0.1) is 19.7 Å². The molecule has 148 valence electrons. The molecule has 28 heavy (non-hydrogen) atoms. The number of hydrogen-bond acceptors (Lipinski definition) is 6. The zero-order valence-corrected chi connectivity index (χ0v) is 17.4. The van der Waals surface area contributed by atoms with Crippen molar-refractivity contribution in [2.24, 2.45) is 0 Å². The van der Waals surface area contributed by atoms with Gasteiger partial charge >= 0.3 is 0 Å². The van der Waals surface area contributed by atoms with Gasteiger partial charge in [-0.1, -0.05) is 18.2 Å². The van der Waals surface area contributed by atoms with Crippen LogP contribution in [-0.4, -0.2) is 48.2 Å². The minimum atomic E-state index is -0.189. The molecule has 1 aliphatic rings. The molecule has 2 aromatic heterocycles. The Kier molecular flexibility index (Phi) is 5.57. The van der Waals surface area contributed by atoms with E-state index in [0.717, 1.165) is 48.2 Å². The topological polar surface area (TPSA) is 41.5 Å². The zero-order valence-electron chi connectivity index (χ0n) is 16.5. The summed E-state index contributed by atoms with van der Waals surface area (Å²) >= 11 is 1.70. The van der Waals surface area contributed by atoms with Crippen LogP contribution in [0.2, 0.25) is 0 Å². The molecular formula is C21H25FN4OS. The van der Waals surface area contributed by atoms with Crippen LogP contribution in [0.15, 0.2) is 24.3 Å². The van der Waals surface area contributed by atoms with Crippen LogP contribution in [0.25, 0.3) is 10.2 Å². The van der Waals surface area contributed by atoms with Gasteiger partial charge in [-0.25, -0.2) is 14.4 Å². The van der Waals surface area contributed by atoms with Crippen molar-refractivity contribution in [2.75, 3.05) is 38.3 Å². The summed E-state index contributed by atoms with van der Waals surface area (Å²) in [7, 11) is 1.97. The summed E-state index contributed by atoms with van der Waals surface area (Å²) in [5.74, 6) is 1.50. The SMILES string of the molecule is Cc1sc2nc(CN3CCOCC3)nc(N(C)Cc3ccccc3F)c2c1C. The molecule has 7 heteroatoms. The maximum atomic E-state index is 14.2. The monoisotopic (exact) mass is 400 g/mol. The third-order valence-electron chi connectivity index (χ3n) is 5.25. The summed E-state index contributed by atoms with van der Waals surface area (Å²) in [5, 5.41) is 1.08. The van der Waals surface area contributed by atoms with Crippen LogP contribution in [0.3, 0.4) is 0 Å². The minimum Gasteiger partial charge on any atom is -0.379 e. The van der Waals surface area contributed by atoms with Crippen LogP contribution in [-0.2, 0) is 17.8 Å². The largest absolute Gasteiger partial charge is 0.379 e. The molecule has 0 saturated carbocycles. The fourth-order valence-electron chi connectivity index (χ4n) is 3.53. The number of aromatic nitrogens is 2. The van der Waals surface area contributed by atoms with E-state index in [1.807, 2.05) is 24.1 Å². The smallest absolute Gasteiger partial charge is 0.146 e. The van der Waals surface area contributed by atoms with E-state index in [-0.39, 0.29) is 5.82 Å². The molecule has 3 heterocycles. The van der Waals surface area contributed by atoms with Crippen LogP contribution < -0.4 is 4.90 Å². The molecule has 3 aromatic rings. The maximum absolute atomic E-state index is 14.2. The molecule has 4 rings (SSSR count). The Balaban J connectivity index is 1.70. The van der Waals surface area contributed by atoms with Crippen LogP contribution in [0.4, 0.5) is 10.2 Å². The number of anilines is 1. The Labute approximate surface area is 168 Å². The first-order chi connectivity index (χ1) is 13.5. The number of ether oxygens (including phenoxy) is 1. The minimum absolute atomic E-state index is 0.189. The van der Waals surface area contributed by atoms with Gasteiger partial charge in [-0.2, -0.15) is 0 Å². The summed E-state index contributed by atoms with van der Waals surface area (Å²) in [6, 6.07) is 6.91. The highest BCUT2D eigenvalue weighted by Crippen LogP contribution is 2.35. The van der Waals surface area contributed by atoms with Crippen molar-refractivity contribution in [1.82, 2.24) is 14.9 Å². The summed E-state index contributed by atoms with van der Waals surface area (Å²) < 4.78 is 19.6. The number of fused-ring (bicyclic) bond motifs is 1. The maximum Gasteiger partial charge on any atom is 0.146 e. The molecule has 1 aromatic carbocycles. The predicted molar refractivity (Wildman–Crippen MR) is 111 cm³/mol. The molecule has 0 radical (unpaired) electrons. The highest BCUT2D eigenvalue weighted by molar-refractivity contribution is 7.18. The molecule has 5 nitrogen and oxygen atoms in total. The molecule has 0 bridgehead atoms. The van der Waals surface area contributed by atoms with Gasteiger partial charge in [0.05, 0.1) is 25.1 Å². The van der Waals surface area contributed by atoms with Crippen molar-refractivity contribution in [3.05, 3.63) is 51.9 Å². The van der Waals surface area contributed by atoms with E-state index in [1.165, 1.54) is 16.5 Å². The van der Waals surface area contributed by atoms with E-state index in [1.54, 1.807) is 17.4 Å². The second kappa shape index (κ2) is 8.11. The van der Waals surface area contributed by atoms with Gasteiger partial charge in [-0.05, 0) is 25.5 Å². The second-order valence-corrected chi connectivity index (χ2v) is 8.47. The van der Waals surface area contributed by atoms with Gasteiger partial charge in [0.1, 0.15) is 22.3 Å². The van der Waals surface area contributed by atoms with Gasteiger partial charge in [0.2, 0.25) is 0 Å². The van der Waals surface area contributed by atoms with Crippen LogP contribution in [0.5, 0.6) is 0 Å². The van der Waals surface area contributed by atoms with Crippen molar-refractivity contribution < 1.29 is 9.13 Å². The lowest BCUT2D eigenvalue weighted by atomic mass is 10.1. The number of benzene rings is 1. The number of thiophene rings is 1. The van der Waals surface area contributed by atoms with Gasteiger partial charge in [-0.3, -0.25) is 4.90 Å². The molecule has 1 aliphatic heterocycles. The Hall–Kier alpha value is -2.09. The first-order valence-corrected chi connectivity index (χ1v) is 10.4. The lowest BCUT2D eigenvalue weighted by Gasteiger charge is -2.26. The van der Waals surface area contributed by atoms with E-state index < -0.39 is 0 Å². The number of halogens is 1. The van der Waals surface area contributed by atoms with E-state index in [0.29, 0.717) is 18.7 Å². The predicted octanol–water partition coefficient (Wildman–Crippen LogP) is 3.92. The van der Waals surface area contributed by atoms with E-state index in [9.17, 15) is 4.39 Å². The highest BCUT2D eigenvalue weighted by Gasteiger charge is 2.20. The van der Waals surface area contributed by atoms with Gasteiger partial charge in [0.15, 0.2) is 0 Å². The first-order valence-electron chi connectivity index (χ1n) is 9.54. The van der Waals surface area contributed by atoms with Crippen LogP contribution >= 0.6 is 11.3 Å². The molecule has 0 aliphatic carbocycles. The third-order valence-corrected chi connectivity index (χ3v) is 6.35. The van der Waals surface area contributed by atoms with Gasteiger partial charge in [0, 0.05) is 37.1 Å². The molecule has 0 unspecified atom stereocenters. The Morgan fingerprint density at radius 2 is 1.93 bits per heavy atom. The lowest BCUT2D eigenvalue weighted by molar-refractivity contribution is 0.0331. The molecule has 0 N–H and O–H groups in total. The fourth-order valence-corrected chi connectivity index (χ4v) is 4.58. The molecule has 1 saturated heterocycles. The van der Waals surface area contributed by atoms with Gasteiger partial charge in [-0.15, -0.1) is 11.3 Å². The normalized spacial score (nSPS) is 15.3. The van der Waals surface area contributed by atoms with E-state index in [4.69, 9.17) is 14.7 Å². The van der Waals surface area contributed by atoms with E-state index in [2.05, 4.69) is 18.7 Å². The average molecular weight is 401 g/mol. The van der Waals surface area contributed by atoms with Crippen molar-refractivity contribution in [3.8, 4) is 0 Å². The summed E-state index contributed by atoms with van der Waals surface area (Å²) in [6.45, 7) is 8.68. The first kappa shape index (κ1) is 19.2. The Morgan fingerprint density at radius 1 is 1.18 bits per heavy atom. The van der Waals surface area contributed by atoms with Gasteiger partial charge in [0.25, 0.3) is 0 Å². The molecule has 1 fully saturated rings. The molecule has 0 amide bonds. The zero-order chi connectivity index (χ0) is 19.7. The molecule has 0 atom stereocenters. The van der Waals surface area contributed by atoms with Crippen molar-refractivity contribution in [2.45, 2.75) is 26.9 Å². The Bertz CT molecular complexity index is 984.